The second-order valence-corrected chi connectivity index (χ2v) is 10.4. The van der Waals surface area contributed by atoms with Crippen LogP contribution in [0.25, 0.3) is 22.2 Å². The summed E-state index contributed by atoms with van der Waals surface area (Å²) in [7, 11) is 0. The normalized spacial score (nSPS) is 23.5. The summed E-state index contributed by atoms with van der Waals surface area (Å²) in [6.45, 7) is 3.04. The first kappa shape index (κ1) is 22.2. The van der Waals surface area contributed by atoms with E-state index in [4.69, 9.17) is 0 Å². The van der Waals surface area contributed by atoms with Crippen LogP contribution in [0.15, 0.2) is 41.3 Å². The molecule has 1 amide bonds. The number of aromatic nitrogens is 2. The van der Waals surface area contributed by atoms with E-state index in [2.05, 4.69) is 15.2 Å². The summed E-state index contributed by atoms with van der Waals surface area (Å²) in [6.07, 6.45) is 7.93. The number of nitrogens with one attached hydrogen (secondary N) is 1. The van der Waals surface area contributed by atoms with Gasteiger partial charge in [-0.3, -0.25) is 14.2 Å². The van der Waals surface area contributed by atoms with Gasteiger partial charge in [-0.25, -0.2) is 9.37 Å². The number of amides is 1. The molecule has 3 aliphatic carbocycles. The highest BCUT2D eigenvalue weighted by molar-refractivity contribution is 6.02. The molecule has 0 radical (unpaired) electrons. The van der Waals surface area contributed by atoms with E-state index >= 15 is 0 Å². The van der Waals surface area contributed by atoms with Crippen molar-refractivity contribution in [2.24, 2.45) is 5.92 Å². The maximum absolute atomic E-state index is 13.6. The van der Waals surface area contributed by atoms with Gasteiger partial charge in [0.2, 0.25) is 0 Å². The second-order valence-electron chi connectivity index (χ2n) is 10.4. The van der Waals surface area contributed by atoms with Crippen molar-refractivity contribution in [1.82, 2.24) is 19.8 Å². The lowest BCUT2D eigenvalue weighted by Crippen LogP contribution is -2.68. The maximum atomic E-state index is 13.6. The summed E-state index contributed by atoms with van der Waals surface area (Å²) in [6, 6.07) is 7.72. The number of piperidine rings is 1. The van der Waals surface area contributed by atoms with Crippen LogP contribution < -0.4 is 10.9 Å². The number of aromatic hydroxyl groups is 1. The van der Waals surface area contributed by atoms with Crippen LogP contribution >= 0.6 is 0 Å². The van der Waals surface area contributed by atoms with E-state index in [9.17, 15) is 19.1 Å². The average Bonchev–Trinajstić information content (AvgIpc) is 2.81. The minimum atomic E-state index is -0.522. The molecule has 1 aliphatic heterocycles. The van der Waals surface area contributed by atoms with Crippen molar-refractivity contribution < 1.29 is 14.3 Å². The molecule has 1 saturated heterocycles. The van der Waals surface area contributed by atoms with Crippen LogP contribution in [0, 0.1) is 11.7 Å². The molecule has 3 aromatic rings. The largest absolute Gasteiger partial charge is 0.506 e. The topological polar surface area (TPSA) is 87.5 Å². The molecule has 0 unspecified atom stereocenters. The predicted molar refractivity (Wildman–Crippen MR) is 131 cm³/mol. The van der Waals surface area contributed by atoms with Crippen molar-refractivity contribution in [3.63, 3.8) is 0 Å². The van der Waals surface area contributed by atoms with Crippen molar-refractivity contribution in [3.8, 4) is 16.9 Å². The fraction of sp³-hybridized carbons (Fsp3) is 0.444. The van der Waals surface area contributed by atoms with Gasteiger partial charge in [-0.1, -0.05) is 18.6 Å². The van der Waals surface area contributed by atoms with E-state index in [-0.39, 0.29) is 22.7 Å². The SMILES string of the molecule is O=C(NC12CC(C1)C2)c1c(O)c2cc(-c3ccc(F)cc3)cnc2n(CCN2CCCCC2)c1=O. The van der Waals surface area contributed by atoms with E-state index in [1.165, 1.54) is 23.1 Å². The zero-order valence-corrected chi connectivity index (χ0v) is 19.6. The quantitative estimate of drug-likeness (QED) is 0.567. The first-order valence-corrected chi connectivity index (χ1v) is 12.5. The summed E-state index contributed by atoms with van der Waals surface area (Å²) in [5.74, 6) is -0.542. The van der Waals surface area contributed by atoms with Gasteiger partial charge in [0.1, 0.15) is 22.8 Å². The number of pyridine rings is 2. The molecule has 0 spiro atoms. The summed E-state index contributed by atoms with van der Waals surface area (Å²) in [5.41, 5.74) is 0.781. The van der Waals surface area contributed by atoms with Crippen LogP contribution in [-0.4, -0.2) is 50.6 Å². The number of benzene rings is 1. The fourth-order valence-electron chi connectivity index (χ4n) is 5.89. The zero-order chi connectivity index (χ0) is 24.2. The molecular weight excluding hydrogens is 447 g/mol. The Balaban J connectivity index is 1.43. The molecular formula is C27H29FN4O3. The lowest BCUT2D eigenvalue weighted by molar-refractivity contribution is -0.0439. The van der Waals surface area contributed by atoms with Gasteiger partial charge in [0.25, 0.3) is 11.5 Å². The number of carbonyl (C=O) groups is 1. The Morgan fingerprint density at radius 2 is 1.80 bits per heavy atom. The number of likely N-dealkylation sites (tertiary alicyclic amines) is 1. The van der Waals surface area contributed by atoms with E-state index in [1.807, 2.05) is 0 Å². The summed E-state index contributed by atoms with van der Waals surface area (Å²) >= 11 is 0. The smallest absolute Gasteiger partial charge is 0.268 e. The number of nitrogens with zero attached hydrogens (tertiary/aromatic N) is 3. The first-order chi connectivity index (χ1) is 16.9. The molecule has 4 aliphatic rings. The first-order valence-electron chi connectivity index (χ1n) is 12.5. The van der Waals surface area contributed by atoms with Crippen LogP contribution in [-0.2, 0) is 6.54 Å². The van der Waals surface area contributed by atoms with Crippen LogP contribution in [0.1, 0.15) is 48.9 Å². The monoisotopic (exact) mass is 476 g/mol. The average molecular weight is 477 g/mol. The standard InChI is InChI=1S/C27H29FN4O3/c28-20-6-4-18(5-7-20)19-12-21-23(33)22(25(34)30-27-13-17(14-27)15-27)26(35)32(24(21)29-16-19)11-10-31-8-2-1-3-9-31/h4-7,12,16-17,33H,1-3,8-11,13-15H2,(H,30,34). The molecule has 2 N–H and O–H groups in total. The molecule has 3 saturated carbocycles. The number of carbonyl (C=O) groups excluding carboxylic acids is 1. The molecule has 1 aromatic carbocycles. The Morgan fingerprint density at radius 1 is 1.09 bits per heavy atom. The van der Waals surface area contributed by atoms with Crippen molar-refractivity contribution in [1.29, 1.82) is 0 Å². The van der Waals surface area contributed by atoms with Crippen LogP contribution in [0.3, 0.4) is 0 Å². The van der Waals surface area contributed by atoms with Gasteiger partial charge in [0.05, 0.1) is 5.39 Å². The number of rotatable bonds is 6. The highest BCUT2D eigenvalue weighted by Crippen LogP contribution is 2.57. The van der Waals surface area contributed by atoms with Crippen molar-refractivity contribution in [2.75, 3.05) is 19.6 Å². The number of halogens is 1. The van der Waals surface area contributed by atoms with E-state index in [0.717, 1.165) is 50.8 Å². The second kappa shape index (κ2) is 8.45. The summed E-state index contributed by atoms with van der Waals surface area (Å²) in [5, 5.41) is 14.5. The summed E-state index contributed by atoms with van der Waals surface area (Å²) < 4.78 is 15.0. The van der Waals surface area contributed by atoms with Crippen LogP contribution in [0.4, 0.5) is 4.39 Å². The van der Waals surface area contributed by atoms with Crippen molar-refractivity contribution in [3.05, 3.63) is 58.3 Å². The Hall–Kier alpha value is -3.26. The van der Waals surface area contributed by atoms with Gasteiger partial charge in [-0.15, -0.1) is 0 Å². The van der Waals surface area contributed by atoms with Gasteiger partial charge in [0.15, 0.2) is 0 Å². The minimum absolute atomic E-state index is 0.220. The van der Waals surface area contributed by atoms with Crippen molar-refractivity contribution in [2.45, 2.75) is 50.6 Å². The minimum Gasteiger partial charge on any atom is -0.506 e. The number of hydrogen-bond donors (Lipinski definition) is 2. The molecule has 7 nitrogen and oxygen atoms in total. The summed E-state index contributed by atoms with van der Waals surface area (Å²) in [4.78, 5) is 33.7. The molecule has 8 heteroatoms. The third-order valence-corrected chi connectivity index (χ3v) is 7.98. The molecule has 4 fully saturated rings. The van der Waals surface area contributed by atoms with E-state index < -0.39 is 11.5 Å². The van der Waals surface area contributed by atoms with Crippen LogP contribution in [0.2, 0.25) is 0 Å². The third kappa shape index (κ3) is 3.89. The Labute approximate surface area is 202 Å². The Morgan fingerprint density at radius 3 is 2.46 bits per heavy atom. The van der Waals surface area contributed by atoms with Crippen molar-refractivity contribution >= 4 is 16.9 Å². The Kier molecular flexibility index (Phi) is 5.36. The van der Waals surface area contributed by atoms with E-state index in [1.54, 1.807) is 24.4 Å². The fourth-order valence-corrected chi connectivity index (χ4v) is 5.89. The lowest BCUT2D eigenvalue weighted by atomic mass is 9.50. The Bertz CT molecular complexity index is 1340. The zero-order valence-electron chi connectivity index (χ0n) is 19.6. The van der Waals surface area contributed by atoms with Gasteiger partial charge in [-0.05, 0) is 74.9 Å². The van der Waals surface area contributed by atoms with Gasteiger partial charge < -0.3 is 15.3 Å². The lowest BCUT2D eigenvalue weighted by Gasteiger charge is -2.61. The molecule has 0 atom stereocenters. The van der Waals surface area contributed by atoms with Crippen LogP contribution in [0.5, 0.6) is 5.75 Å². The molecule has 7 rings (SSSR count). The number of hydrogen-bond acceptors (Lipinski definition) is 5. The van der Waals surface area contributed by atoms with E-state index in [0.29, 0.717) is 35.6 Å². The highest BCUT2D eigenvalue weighted by Gasteiger charge is 2.57. The molecule has 35 heavy (non-hydrogen) atoms. The highest BCUT2D eigenvalue weighted by atomic mass is 19.1. The molecule has 182 valence electrons. The molecule has 2 aromatic heterocycles. The number of fused-ring (bicyclic) bond motifs is 1. The van der Waals surface area contributed by atoms with Gasteiger partial charge in [-0.2, -0.15) is 0 Å². The molecule has 3 heterocycles. The molecule has 2 bridgehead atoms. The predicted octanol–water partition coefficient (Wildman–Crippen LogP) is 3.68. The van der Waals surface area contributed by atoms with Gasteiger partial charge >= 0.3 is 0 Å². The van der Waals surface area contributed by atoms with Gasteiger partial charge in [0, 0.05) is 30.4 Å². The third-order valence-electron chi connectivity index (χ3n) is 7.98. The maximum Gasteiger partial charge on any atom is 0.268 e.